The topological polar surface area (TPSA) is 76.5 Å². The van der Waals surface area contributed by atoms with E-state index in [2.05, 4.69) is 54.5 Å². The van der Waals surface area contributed by atoms with E-state index in [9.17, 15) is 0 Å². The zero-order chi connectivity index (χ0) is 23.5. The van der Waals surface area contributed by atoms with Crippen molar-refractivity contribution in [2.45, 2.75) is 45.1 Å². The van der Waals surface area contributed by atoms with Gasteiger partial charge in [-0.15, -0.1) is 0 Å². The second-order valence-corrected chi connectivity index (χ2v) is 9.77. The lowest BCUT2D eigenvalue weighted by Gasteiger charge is -2.25. The molecule has 0 bridgehead atoms. The summed E-state index contributed by atoms with van der Waals surface area (Å²) in [4.78, 5) is 8.67. The summed E-state index contributed by atoms with van der Waals surface area (Å²) >= 11 is 0. The first-order valence-electron chi connectivity index (χ1n) is 12.3. The highest BCUT2D eigenvalue weighted by Gasteiger charge is 2.25. The molecular formula is C28H27N5O2. The minimum atomic E-state index is 0.235. The van der Waals surface area contributed by atoms with Gasteiger partial charge in [0.2, 0.25) is 6.79 Å². The Morgan fingerprint density at radius 1 is 1.11 bits per heavy atom. The van der Waals surface area contributed by atoms with Gasteiger partial charge < -0.3 is 19.8 Å². The van der Waals surface area contributed by atoms with E-state index in [0.717, 1.165) is 59.0 Å². The number of nitrogens with one attached hydrogen (secondary N) is 2. The van der Waals surface area contributed by atoms with E-state index in [0.29, 0.717) is 12.0 Å². The van der Waals surface area contributed by atoms with Crippen molar-refractivity contribution in [2.75, 3.05) is 12.1 Å². The number of rotatable bonds is 4. The van der Waals surface area contributed by atoms with Crippen molar-refractivity contribution in [1.82, 2.24) is 19.6 Å². The van der Waals surface area contributed by atoms with Crippen molar-refractivity contribution >= 4 is 22.4 Å². The summed E-state index contributed by atoms with van der Waals surface area (Å²) in [6.45, 7) is 4.59. The second-order valence-electron chi connectivity index (χ2n) is 9.77. The molecule has 2 aliphatic rings. The van der Waals surface area contributed by atoms with Gasteiger partial charge in [-0.1, -0.05) is 38.1 Å². The van der Waals surface area contributed by atoms with Crippen molar-refractivity contribution in [1.29, 1.82) is 0 Å². The number of hydrogen-bond donors (Lipinski definition) is 2. The monoisotopic (exact) mass is 465 g/mol. The molecule has 35 heavy (non-hydrogen) atoms. The van der Waals surface area contributed by atoms with Gasteiger partial charge in [0.25, 0.3) is 0 Å². The minimum absolute atomic E-state index is 0.235. The predicted molar refractivity (Wildman–Crippen MR) is 136 cm³/mol. The third-order valence-corrected chi connectivity index (χ3v) is 7.24. The summed E-state index contributed by atoms with van der Waals surface area (Å²) in [5, 5.41) is 9.88. The maximum absolute atomic E-state index is 5.81. The molecule has 5 aromatic rings. The Kier molecular flexibility index (Phi) is 4.52. The Balaban J connectivity index is 1.31. The van der Waals surface area contributed by atoms with Crippen LogP contribution in [0.25, 0.3) is 27.8 Å². The number of aryl methyl sites for hydroxylation is 1. The molecule has 7 heteroatoms. The Bertz CT molecular complexity index is 1580. The lowest BCUT2D eigenvalue weighted by atomic mass is 9.91. The van der Waals surface area contributed by atoms with Crippen LogP contribution in [0.2, 0.25) is 0 Å². The Morgan fingerprint density at radius 2 is 2.03 bits per heavy atom. The molecule has 0 radical (unpaired) electrons. The maximum Gasteiger partial charge on any atom is 0.231 e. The lowest BCUT2D eigenvalue weighted by molar-refractivity contribution is 0.174. The molecule has 4 heterocycles. The summed E-state index contributed by atoms with van der Waals surface area (Å²) in [7, 11) is 0. The number of fused-ring (bicyclic) bond motifs is 5. The first kappa shape index (κ1) is 20.4. The molecule has 1 aliphatic carbocycles. The number of H-pyrrole nitrogens is 1. The molecule has 0 amide bonds. The lowest BCUT2D eigenvalue weighted by Crippen LogP contribution is -2.28. The predicted octanol–water partition coefficient (Wildman–Crippen LogP) is 5.70. The first-order valence-corrected chi connectivity index (χ1v) is 12.3. The number of aromatic amines is 1. The van der Waals surface area contributed by atoms with Crippen molar-refractivity contribution in [3.63, 3.8) is 0 Å². The van der Waals surface area contributed by atoms with E-state index in [1.807, 2.05) is 28.9 Å². The number of benzene rings is 2. The highest BCUT2D eigenvalue weighted by molar-refractivity contribution is 5.85. The molecule has 2 aromatic carbocycles. The van der Waals surface area contributed by atoms with Crippen molar-refractivity contribution in [3.05, 3.63) is 71.5 Å². The third kappa shape index (κ3) is 3.26. The summed E-state index contributed by atoms with van der Waals surface area (Å²) in [6, 6.07) is 16.9. The number of hydrogen-bond acceptors (Lipinski definition) is 5. The average Bonchev–Trinajstić information content (AvgIpc) is 3.60. The summed E-state index contributed by atoms with van der Waals surface area (Å²) in [5.74, 6) is 2.77. The third-order valence-electron chi connectivity index (χ3n) is 7.24. The maximum atomic E-state index is 5.81. The molecule has 1 unspecified atom stereocenters. The molecular weight excluding hydrogens is 438 g/mol. The van der Waals surface area contributed by atoms with Crippen LogP contribution in [0.1, 0.15) is 43.0 Å². The van der Waals surface area contributed by atoms with Crippen LogP contribution in [0.4, 0.5) is 5.82 Å². The van der Waals surface area contributed by atoms with Gasteiger partial charge in [-0.2, -0.15) is 9.61 Å². The molecule has 0 fully saturated rings. The summed E-state index contributed by atoms with van der Waals surface area (Å²) in [5.41, 5.74) is 7.80. The largest absolute Gasteiger partial charge is 0.454 e. The van der Waals surface area contributed by atoms with Crippen LogP contribution in [0, 0.1) is 0 Å². The normalized spacial score (nSPS) is 16.8. The highest BCUT2D eigenvalue weighted by Crippen LogP contribution is 2.41. The van der Waals surface area contributed by atoms with Crippen LogP contribution in [0.5, 0.6) is 11.5 Å². The van der Waals surface area contributed by atoms with E-state index in [-0.39, 0.29) is 6.79 Å². The molecule has 1 aliphatic heterocycles. The molecule has 0 spiro atoms. The standard InChI is InChI=1S/C28H27N5O2/c1-16(2)21-14-29-33-26(13-24(32-28(21)33)19-7-5-9-25-27(19)35-15-34-25)30-17-10-11-23-20(12-17)18-6-3-4-8-22(18)31-23/h3-9,13-14,16-17,30-31H,10-12,15H2,1-2H3. The zero-order valence-corrected chi connectivity index (χ0v) is 19.8. The fourth-order valence-electron chi connectivity index (χ4n) is 5.46. The Morgan fingerprint density at radius 3 is 2.94 bits per heavy atom. The van der Waals surface area contributed by atoms with Gasteiger partial charge in [-0.25, -0.2) is 4.98 Å². The minimum Gasteiger partial charge on any atom is -0.454 e. The fraction of sp³-hybridized carbons (Fsp3) is 0.286. The fourth-order valence-corrected chi connectivity index (χ4v) is 5.46. The molecule has 7 nitrogen and oxygen atoms in total. The molecule has 7 rings (SSSR count). The highest BCUT2D eigenvalue weighted by atomic mass is 16.7. The SMILES string of the molecule is CC(C)c1cnn2c(NC3CCc4[nH]c5ccccc5c4C3)cc(-c3cccc4c3OCO4)nc12. The van der Waals surface area contributed by atoms with Gasteiger partial charge in [0, 0.05) is 39.8 Å². The number of ether oxygens (including phenoxy) is 2. The molecule has 176 valence electrons. The smallest absolute Gasteiger partial charge is 0.231 e. The number of anilines is 1. The van der Waals surface area contributed by atoms with Gasteiger partial charge in [0.1, 0.15) is 5.82 Å². The van der Waals surface area contributed by atoms with E-state index >= 15 is 0 Å². The average molecular weight is 466 g/mol. The quantitative estimate of drug-likeness (QED) is 0.356. The van der Waals surface area contributed by atoms with Crippen LogP contribution >= 0.6 is 0 Å². The number of aromatic nitrogens is 4. The molecule has 3 aromatic heterocycles. The van der Waals surface area contributed by atoms with Crippen molar-refractivity contribution < 1.29 is 9.47 Å². The zero-order valence-electron chi connectivity index (χ0n) is 19.8. The summed E-state index contributed by atoms with van der Waals surface area (Å²) in [6.07, 6.45) is 4.98. The first-order chi connectivity index (χ1) is 17.2. The molecule has 2 N–H and O–H groups in total. The van der Waals surface area contributed by atoms with Gasteiger partial charge >= 0.3 is 0 Å². The Labute approximate surface area is 203 Å². The van der Waals surface area contributed by atoms with E-state index in [1.165, 1.54) is 22.2 Å². The molecule has 0 saturated carbocycles. The van der Waals surface area contributed by atoms with Gasteiger partial charge in [0.15, 0.2) is 17.1 Å². The van der Waals surface area contributed by atoms with Crippen LogP contribution in [-0.2, 0) is 12.8 Å². The second kappa shape index (κ2) is 7.77. The number of nitrogens with zero attached hydrogens (tertiary/aromatic N) is 3. The van der Waals surface area contributed by atoms with Crippen molar-refractivity contribution in [2.24, 2.45) is 0 Å². The van der Waals surface area contributed by atoms with Gasteiger partial charge in [-0.05, 0) is 48.9 Å². The van der Waals surface area contributed by atoms with E-state index in [1.54, 1.807) is 0 Å². The van der Waals surface area contributed by atoms with E-state index < -0.39 is 0 Å². The van der Waals surface area contributed by atoms with Crippen LogP contribution in [-0.4, -0.2) is 32.4 Å². The van der Waals surface area contributed by atoms with Gasteiger partial charge in [-0.3, -0.25) is 0 Å². The van der Waals surface area contributed by atoms with Gasteiger partial charge in [0.05, 0.1) is 11.9 Å². The summed E-state index contributed by atoms with van der Waals surface area (Å²) < 4.78 is 13.4. The van der Waals surface area contributed by atoms with E-state index in [4.69, 9.17) is 19.6 Å². The Hall–Kier alpha value is -4.00. The molecule has 0 saturated heterocycles. The molecule has 1 atom stereocenters. The van der Waals surface area contributed by atoms with Crippen LogP contribution < -0.4 is 14.8 Å². The van der Waals surface area contributed by atoms with Crippen LogP contribution in [0.3, 0.4) is 0 Å². The van der Waals surface area contributed by atoms with Crippen LogP contribution in [0.15, 0.2) is 54.7 Å². The van der Waals surface area contributed by atoms with Crippen molar-refractivity contribution in [3.8, 4) is 22.8 Å². The number of para-hydroxylation sites is 2.